The van der Waals surface area contributed by atoms with E-state index in [0.717, 1.165) is 0 Å². The van der Waals surface area contributed by atoms with Gasteiger partial charge in [-0.05, 0) is 13.0 Å². The van der Waals surface area contributed by atoms with E-state index in [0.29, 0.717) is 17.8 Å². The number of benzene rings is 1. The number of pyridine rings is 1. The lowest BCUT2D eigenvalue weighted by atomic mass is 10.2. The Labute approximate surface area is 112 Å². The largest absolute Gasteiger partial charge is 0.398 e. The highest BCUT2D eigenvalue weighted by Gasteiger charge is 2.17. The summed E-state index contributed by atoms with van der Waals surface area (Å²) >= 11 is 0. The number of hydrogen-bond donors (Lipinski definition) is 2. The van der Waals surface area contributed by atoms with Crippen LogP contribution < -0.4 is 11.1 Å². The number of halogens is 3. The molecule has 4 nitrogen and oxygen atoms in total. The SMILES string of the molecule is Cc1cc(N)c(C(=O)Nc2c(F)cc(F)cc2F)cn1. The molecule has 0 spiro atoms. The normalized spacial score (nSPS) is 10.4. The maximum absolute atomic E-state index is 13.4. The van der Waals surface area contributed by atoms with Gasteiger partial charge in [0.05, 0.1) is 5.56 Å². The van der Waals surface area contributed by atoms with Gasteiger partial charge in [-0.15, -0.1) is 0 Å². The third-order valence-corrected chi connectivity index (χ3v) is 2.56. The molecule has 0 aliphatic rings. The molecule has 1 aromatic carbocycles. The van der Waals surface area contributed by atoms with Gasteiger partial charge in [0.2, 0.25) is 0 Å². The lowest BCUT2D eigenvalue weighted by molar-refractivity contribution is 0.102. The predicted octanol–water partition coefficient (Wildman–Crippen LogP) is 2.64. The van der Waals surface area contributed by atoms with E-state index in [1.807, 2.05) is 5.32 Å². The van der Waals surface area contributed by atoms with Crippen molar-refractivity contribution in [3.63, 3.8) is 0 Å². The first-order valence-corrected chi connectivity index (χ1v) is 5.56. The molecule has 0 atom stereocenters. The first kappa shape index (κ1) is 13.9. The van der Waals surface area contributed by atoms with E-state index in [9.17, 15) is 18.0 Å². The molecular weight excluding hydrogens is 271 g/mol. The summed E-state index contributed by atoms with van der Waals surface area (Å²) in [6.07, 6.45) is 1.19. The van der Waals surface area contributed by atoms with E-state index in [4.69, 9.17) is 5.73 Å². The number of carbonyl (C=O) groups is 1. The van der Waals surface area contributed by atoms with Crippen LogP contribution in [0.2, 0.25) is 0 Å². The number of carbonyl (C=O) groups excluding carboxylic acids is 1. The van der Waals surface area contributed by atoms with Crippen molar-refractivity contribution in [3.05, 3.63) is 53.1 Å². The fourth-order valence-electron chi connectivity index (χ4n) is 1.61. The molecule has 2 aromatic rings. The molecule has 1 amide bonds. The summed E-state index contributed by atoms with van der Waals surface area (Å²) in [4.78, 5) is 15.8. The second kappa shape index (κ2) is 5.20. The van der Waals surface area contributed by atoms with E-state index in [-0.39, 0.29) is 11.3 Å². The van der Waals surface area contributed by atoms with Gasteiger partial charge in [0.1, 0.15) is 11.5 Å². The molecule has 0 saturated heterocycles. The molecular formula is C13H10F3N3O. The van der Waals surface area contributed by atoms with Crippen molar-refractivity contribution >= 4 is 17.3 Å². The monoisotopic (exact) mass is 281 g/mol. The summed E-state index contributed by atoms with van der Waals surface area (Å²) < 4.78 is 39.6. The van der Waals surface area contributed by atoms with Gasteiger partial charge in [0, 0.05) is 29.7 Å². The summed E-state index contributed by atoms with van der Waals surface area (Å²) in [7, 11) is 0. The number of aryl methyl sites for hydroxylation is 1. The Balaban J connectivity index is 2.33. The molecule has 0 fully saturated rings. The third-order valence-electron chi connectivity index (χ3n) is 2.56. The van der Waals surface area contributed by atoms with E-state index < -0.39 is 29.0 Å². The second-order valence-corrected chi connectivity index (χ2v) is 4.11. The number of nitrogens with two attached hydrogens (primary N) is 1. The lowest BCUT2D eigenvalue weighted by Gasteiger charge is -2.09. The zero-order valence-electron chi connectivity index (χ0n) is 10.4. The standard InChI is InChI=1S/C13H10F3N3O/c1-6-2-11(17)8(5-18-6)13(20)19-12-9(15)3-7(14)4-10(12)16/h2-5H,1H3,(H2,17,18)(H,19,20). The topological polar surface area (TPSA) is 68.0 Å². The van der Waals surface area contributed by atoms with Crippen LogP contribution in [-0.4, -0.2) is 10.9 Å². The van der Waals surface area contributed by atoms with Crippen LogP contribution in [0.1, 0.15) is 16.1 Å². The lowest BCUT2D eigenvalue weighted by Crippen LogP contribution is -2.16. The highest BCUT2D eigenvalue weighted by atomic mass is 19.1. The van der Waals surface area contributed by atoms with Crippen LogP contribution in [0.15, 0.2) is 24.4 Å². The summed E-state index contributed by atoms with van der Waals surface area (Å²) in [5.41, 5.74) is 5.58. The predicted molar refractivity (Wildman–Crippen MR) is 67.7 cm³/mol. The van der Waals surface area contributed by atoms with Crippen LogP contribution in [0.4, 0.5) is 24.5 Å². The molecule has 20 heavy (non-hydrogen) atoms. The number of rotatable bonds is 2. The Hall–Kier alpha value is -2.57. The Kier molecular flexibility index (Phi) is 3.60. The van der Waals surface area contributed by atoms with Crippen molar-refractivity contribution in [2.24, 2.45) is 0 Å². The van der Waals surface area contributed by atoms with Crippen molar-refractivity contribution in [1.29, 1.82) is 0 Å². The number of nitrogens with zero attached hydrogens (tertiary/aromatic N) is 1. The van der Waals surface area contributed by atoms with E-state index in [1.54, 1.807) is 6.92 Å². The van der Waals surface area contributed by atoms with Crippen molar-refractivity contribution in [2.45, 2.75) is 6.92 Å². The molecule has 0 unspecified atom stereocenters. The van der Waals surface area contributed by atoms with Crippen molar-refractivity contribution < 1.29 is 18.0 Å². The average molecular weight is 281 g/mol. The molecule has 0 aliphatic carbocycles. The molecule has 0 radical (unpaired) electrons. The summed E-state index contributed by atoms with van der Waals surface area (Å²) in [6.45, 7) is 1.68. The van der Waals surface area contributed by atoms with Gasteiger partial charge in [-0.25, -0.2) is 13.2 Å². The summed E-state index contributed by atoms with van der Waals surface area (Å²) in [5, 5.41) is 2.01. The smallest absolute Gasteiger partial charge is 0.259 e. The first-order chi connectivity index (χ1) is 9.38. The van der Waals surface area contributed by atoms with Crippen molar-refractivity contribution in [2.75, 3.05) is 11.1 Å². The number of hydrogen-bond acceptors (Lipinski definition) is 3. The minimum absolute atomic E-state index is 0.0290. The van der Waals surface area contributed by atoms with E-state index in [2.05, 4.69) is 4.98 Å². The van der Waals surface area contributed by atoms with Gasteiger partial charge >= 0.3 is 0 Å². The van der Waals surface area contributed by atoms with Crippen molar-refractivity contribution in [1.82, 2.24) is 4.98 Å². The minimum atomic E-state index is -1.21. The van der Waals surface area contributed by atoms with Gasteiger partial charge in [-0.3, -0.25) is 9.78 Å². The van der Waals surface area contributed by atoms with Crippen LogP contribution in [0.5, 0.6) is 0 Å². The van der Waals surface area contributed by atoms with Gasteiger partial charge in [0.25, 0.3) is 5.91 Å². The summed E-state index contributed by atoms with van der Waals surface area (Å²) in [6, 6.07) is 2.39. The molecule has 2 rings (SSSR count). The van der Waals surface area contributed by atoms with E-state index in [1.165, 1.54) is 12.3 Å². The van der Waals surface area contributed by atoms with Gasteiger partial charge < -0.3 is 11.1 Å². The van der Waals surface area contributed by atoms with Crippen LogP contribution in [0, 0.1) is 24.4 Å². The fraction of sp³-hybridized carbons (Fsp3) is 0.0769. The molecule has 0 bridgehead atoms. The molecule has 1 aromatic heterocycles. The van der Waals surface area contributed by atoms with Gasteiger partial charge in [-0.1, -0.05) is 0 Å². The number of aromatic nitrogens is 1. The highest BCUT2D eigenvalue weighted by Crippen LogP contribution is 2.22. The fourth-order valence-corrected chi connectivity index (χ4v) is 1.61. The number of anilines is 2. The molecule has 104 valence electrons. The minimum Gasteiger partial charge on any atom is -0.398 e. The molecule has 3 N–H and O–H groups in total. The summed E-state index contributed by atoms with van der Waals surface area (Å²) in [5.74, 6) is -4.34. The average Bonchev–Trinajstić information content (AvgIpc) is 2.33. The number of nitrogens with one attached hydrogen (secondary N) is 1. The van der Waals surface area contributed by atoms with Gasteiger partial charge in [0.15, 0.2) is 11.6 Å². The van der Waals surface area contributed by atoms with E-state index >= 15 is 0 Å². The number of amides is 1. The third kappa shape index (κ3) is 2.71. The Morgan fingerprint density at radius 1 is 1.20 bits per heavy atom. The van der Waals surface area contributed by atoms with Crippen LogP contribution in [0.25, 0.3) is 0 Å². The Morgan fingerprint density at radius 2 is 1.80 bits per heavy atom. The maximum Gasteiger partial charge on any atom is 0.259 e. The Bertz CT molecular complexity index is 666. The molecule has 7 heteroatoms. The first-order valence-electron chi connectivity index (χ1n) is 5.56. The zero-order valence-corrected chi connectivity index (χ0v) is 10.4. The van der Waals surface area contributed by atoms with Crippen molar-refractivity contribution in [3.8, 4) is 0 Å². The Morgan fingerprint density at radius 3 is 2.35 bits per heavy atom. The quantitative estimate of drug-likeness (QED) is 0.889. The van der Waals surface area contributed by atoms with Crippen LogP contribution in [0.3, 0.4) is 0 Å². The number of nitrogen functional groups attached to an aromatic ring is 1. The highest BCUT2D eigenvalue weighted by molar-refractivity contribution is 6.07. The molecule has 1 heterocycles. The van der Waals surface area contributed by atoms with Crippen LogP contribution >= 0.6 is 0 Å². The second-order valence-electron chi connectivity index (χ2n) is 4.11. The van der Waals surface area contributed by atoms with Gasteiger partial charge in [-0.2, -0.15) is 0 Å². The zero-order chi connectivity index (χ0) is 14.9. The maximum atomic E-state index is 13.4. The molecule has 0 saturated carbocycles. The molecule has 0 aliphatic heterocycles. The van der Waals surface area contributed by atoms with Crippen LogP contribution in [-0.2, 0) is 0 Å².